The maximum Gasteiger partial charge on any atom is 0.196 e. The van der Waals surface area contributed by atoms with E-state index in [4.69, 9.17) is 16.2 Å². The maximum atomic E-state index is 12.8. The van der Waals surface area contributed by atoms with Gasteiger partial charge in [-0.3, -0.25) is 4.79 Å². The fourth-order valence-corrected chi connectivity index (χ4v) is 5.24. The Hall–Kier alpha value is -2.08. The van der Waals surface area contributed by atoms with Crippen LogP contribution in [0.3, 0.4) is 0 Å². The molecule has 0 heterocycles. The molecule has 1 atom stereocenters. The Balaban J connectivity index is 1.55. The minimum Gasteiger partial charge on any atom is -0.493 e. The van der Waals surface area contributed by atoms with Gasteiger partial charge in [0, 0.05) is 28.3 Å². The molecule has 5 heteroatoms. The number of carbonyl (C=O) groups excluding carboxylic acids is 1. The zero-order valence-electron chi connectivity index (χ0n) is 21.1. The van der Waals surface area contributed by atoms with Gasteiger partial charge in [0.2, 0.25) is 0 Å². The summed E-state index contributed by atoms with van der Waals surface area (Å²) in [7, 11) is 0. The molecule has 0 aliphatic heterocycles. The Morgan fingerprint density at radius 1 is 1.06 bits per heavy atom. The van der Waals surface area contributed by atoms with E-state index in [1.807, 2.05) is 39.8 Å². The summed E-state index contributed by atoms with van der Waals surface area (Å²) in [5.41, 5.74) is 16.6. The normalized spacial score (nSPS) is 15.2. The molecule has 3 rings (SSSR count). The molecule has 0 fully saturated rings. The summed E-state index contributed by atoms with van der Waals surface area (Å²) >= 11 is 1.35. The van der Waals surface area contributed by atoms with E-state index in [9.17, 15) is 4.79 Å². The number of hydrogen-bond acceptors (Lipinski definition) is 5. The largest absolute Gasteiger partial charge is 0.493 e. The van der Waals surface area contributed by atoms with Crippen molar-refractivity contribution in [2.24, 2.45) is 16.9 Å². The Kier molecular flexibility index (Phi) is 9.02. The van der Waals surface area contributed by atoms with E-state index < -0.39 is 11.0 Å². The van der Waals surface area contributed by atoms with E-state index in [2.05, 4.69) is 42.5 Å². The number of thioether (sulfide) groups is 1. The van der Waals surface area contributed by atoms with Crippen LogP contribution in [-0.4, -0.2) is 29.1 Å². The van der Waals surface area contributed by atoms with Gasteiger partial charge in [-0.15, -0.1) is 0 Å². The quantitative estimate of drug-likeness (QED) is 0.403. The summed E-state index contributed by atoms with van der Waals surface area (Å²) in [5, 5.41) is 0.118. The molecule has 0 aromatic heterocycles. The van der Waals surface area contributed by atoms with Crippen molar-refractivity contribution in [2.75, 3.05) is 12.4 Å². The van der Waals surface area contributed by atoms with E-state index >= 15 is 0 Å². The van der Waals surface area contributed by atoms with Crippen LogP contribution >= 0.6 is 11.8 Å². The number of allylic oxidation sites excluding steroid dienone is 1. The number of rotatable bonds is 10. The lowest BCUT2D eigenvalue weighted by Crippen LogP contribution is -2.49. The van der Waals surface area contributed by atoms with Crippen LogP contribution < -0.4 is 16.2 Å². The molecule has 1 unspecified atom stereocenters. The number of nitrogens with two attached hydrogens (primary N) is 2. The molecule has 4 nitrogen and oxygen atoms in total. The van der Waals surface area contributed by atoms with Crippen molar-refractivity contribution in [3.05, 3.63) is 65.2 Å². The zero-order valence-corrected chi connectivity index (χ0v) is 21.9. The molecular formula is C29H40N2O2S. The molecule has 0 saturated carbocycles. The average Bonchev–Trinajstić information content (AvgIpc) is 3.00. The van der Waals surface area contributed by atoms with Gasteiger partial charge in [-0.2, -0.15) is 0 Å². The number of aryl methyl sites for hydroxylation is 1. The predicted octanol–water partition coefficient (Wildman–Crippen LogP) is 6.07. The SMILES string of the molecule is CC(C)(N)CC(N)C(C)(C)C(=O)SCCCOc1ccccc1C1=Cc2ccccc2CCC1. The summed E-state index contributed by atoms with van der Waals surface area (Å²) in [6.45, 7) is 8.30. The Labute approximate surface area is 209 Å². The summed E-state index contributed by atoms with van der Waals surface area (Å²) in [6, 6.07) is 16.6. The van der Waals surface area contributed by atoms with Gasteiger partial charge >= 0.3 is 0 Å². The number of benzene rings is 2. The van der Waals surface area contributed by atoms with Crippen LogP contribution in [0.15, 0.2) is 48.5 Å². The van der Waals surface area contributed by atoms with Gasteiger partial charge in [-0.1, -0.05) is 74.1 Å². The highest BCUT2D eigenvalue weighted by Crippen LogP contribution is 2.35. The molecule has 34 heavy (non-hydrogen) atoms. The first-order chi connectivity index (χ1) is 16.1. The Morgan fingerprint density at radius 2 is 1.76 bits per heavy atom. The molecule has 1 aliphatic rings. The average molecular weight is 481 g/mol. The molecule has 1 aliphatic carbocycles. The molecule has 0 amide bonds. The summed E-state index contributed by atoms with van der Waals surface area (Å²) in [4.78, 5) is 12.8. The van der Waals surface area contributed by atoms with Gasteiger partial charge in [0.25, 0.3) is 0 Å². The smallest absolute Gasteiger partial charge is 0.196 e. The van der Waals surface area contributed by atoms with Gasteiger partial charge in [-0.05, 0) is 68.7 Å². The van der Waals surface area contributed by atoms with Gasteiger partial charge in [-0.25, -0.2) is 0 Å². The van der Waals surface area contributed by atoms with Crippen LogP contribution in [0.2, 0.25) is 0 Å². The zero-order chi connectivity index (χ0) is 24.8. The number of para-hydroxylation sites is 1. The van der Waals surface area contributed by atoms with E-state index in [1.54, 1.807) is 0 Å². The van der Waals surface area contributed by atoms with Crippen molar-refractivity contribution in [2.45, 2.75) is 71.4 Å². The van der Waals surface area contributed by atoms with Crippen LogP contribution in [0, 0.1) is 5.41 Å². The number of carbonyl (C=O) groups is 1. The molecule has 4 N–H and O–H groups in total. The van der Waals surface area contributed by atoms with Crippen LogP contribution in [-0.2, 0) is 11.2 Å². The molecule has 0 bridgehead atoms. The van der Waals surface area contributed by atoms with E-state index in [0.717, 1.165) is 31.4 Å². The number of hydrogen-bond donors (Lipinski definition) is 2. The second kappa shape index (κ2) is 11.6. The summed E-state index contributed by atoms with van der Waals surface area (Å²) < 4.78 is 6.19. The van der Waals surface area contributed by atoms with Crippen molar-refractivity contribution in [3.8, 4) is 5.75 Å². The molecule has 184 valence electrons. The van der Waals surface area contributed by atoms with Crippen LogP contribution in [0.4, 0.5) is 0 Å². The minimum atomic E-state index is -0.614. The van der Waals surface area contributed by atoms with E-state index in [-0.39, 0.29) is 11.2 Å². The van der Waals surface area contributed by atoms with Crippen molar-refractivity contribution in [1.82, 2.24) is 0 Å². The number of ether oxygens (including phenoxy) is 1. The van der Waals surface area contributed by atoms with Crippen molar-refractivity contribution in [3.63, 3.8) is 0 Å². The van der Waals surface area contributed by atoms with Gasteiger partial charge < -0.3 is 16.2 Å². The third-order valence-corrected chi connectivity index (χ3v) is 7.77. The summed E-state index contributed by atoms with van der Waals surface area (Å²) in [5.74, 6) is 1.62. The highest BCUT2D eigenvalue weighted by molar-refractivity contribution is 8.13. The van der Waals surface area contributed by atoms with Crippen LogP contribution in [0.1, 0.15) is 70.1 Å². The lowest BCUT2D eigenvalue weighted by molar-refractivity contribution is -0.119. The van der Waals surface area contributed by atoms with Crippen molar-refractivity contribution >= 4 is 28.5 Å². The lowest BCUT2D eigenvalue weighted by atomic mass is 9.80. The topological polar surface area (TPSA) is 78.3 Å². The third kappa shape index (κ3) is 7.21. The first kappa shape index (κ1) is 26.5. The molecule has 0 saturated heterocycles. The Bertz CT molecular complexity index is 1010. The van der Waals surface area contributed by atoms with E-state index in [0.29, 0.717) is 18.8 Å². The second-order valence-corrected chi connectivity index (χ2v) is 11.6. The number of fused-ring (bicyclic) bond motifs is 1. The van der Waals surface area contributed by atoms with E-state index in [1.165, 1.54) is 34.0 Å². The molecule has 2 aromatic rings. The highest BCUT2D eigenvalue weighted by Gasteiger charge is 2.36. The van der Waals surface area contributed by atoms with Crippen molar-refractivity contribution < 1.29 is 9.53 Å². The standard InChI is InChI=1S/C29H40N2O2S/c1-28(2,31)20-26(30)29(3,4)27(32)34-18-10-17-33-25-16-8-7-15-24(25)23-14-9-13-21-11-5-6-12-22(21)19-23/h5-8,11-12,15-16,19,26H,9-10,13-14,17-18,20,30-31H2,1-4H3. The summed E-state index contributed by atoms with van der Waals surface area (Å²) in [6.07, 6.45) is 6.98. The molecular weight excluding hydrogens is 440 g/mol. The molecule has 2 aromatic carbocycles. The van der Waals surface area contributed by atoms with Crippen molar-refractivity contribution in [1.29, 1.82) is 0 Å². The highest BCUT2D eigenvalue weighted by atomic mass is 32.2. The predicted molar refractivity (Wildman–Crippen MR) is 146 cm³/mol. The minimum absolute atomic E-state index is 0.118. The fraction of sp³-hybridized carbons (Fsp3) is 0.483. The lowest BCUT2D eigenvalue weighted by Gasteiger charge is -2.34. The third-order valence-electron chi connectivity index (χ3n) is 6.49. The van der Waals surface area contributed by atoms with Gasteiger partial charge in [0.15, 0.2) is 5.12 Å². The second-order valence-electron chi connectivity index (χ2n) is 10.6. The van der Waals surface area contributed by atoms with Crippen LogP contribution in [0.25, 0.3) is 11.6 Å². The molecule has 0 radical (unpaired) electrons. The monoisotopic (exact) mass is 480 g/mol. The van der Waals surface area contributed by atoms with Gasteiger partial charge in [0.1, 0.15) is 5.75 Å². The first-order valence-corrected chi connectivity index (χ1v) is 13.3. The molecule has 0 spiro atoms. The first-order valence-electron chi connectivity index (χ1n) is 12.3. The Morgan fingerprint density at radius 3 is 2.53 bits per heavy atom. The van der Waals surface area contributed by atoms with Crippen LogP contribution in [0.5, 0.6) is 5.75 Å². The fourth-order valence-electron chi connectivity index (χ4n) is 4.27. The maximum absolute atomic E-state index is 12.8. The van der Waals surface area contributed by atoms with Gasteiger partial charge in [0.05, 0.1) is 6.61 Å².